The molecule has 0 aromatic heterocycles. The lowest BCUT2D eigenvalue weighted by Gasteiger charge is -2.31. The average Bonchev–Trinajstić information content (AvgIpc) is 4.00. The van der Waals surface area contributed by atoms with E-state index in [4.69, 9.17) is 0 Å². The van der Waals surface area contributed by atoms with E-state index in [0.29, 0.717) is 5.92 Å². The van der Waals surface area contributed by atoms with Crippen LogP contribution in [0.4, 0.5) is 17.1 Å². The van der Waals surface area contributed by atoms with Gasteiger partial charge in [-0.3, -0.25) is 0 Å². The lowest BCUT2D eigenvalue weighted by molar-refractivity contribution is 0.420. The Morgan fingerprint density at radius 2 is 1.05 bits per heavy atom. The van der Waals surface area contributed by atoms with Gasteiger partial charge in [-0.25, -0.2) is 0 Å². The van der Waals surface area contributed by atoms with Gasteiger partial charge in [-0.1, -0.05) is 167 Å². The molecule has 59 heavy (non-hydrogen) atoms. The molecule has 7 aromatic rings. The summed E-state index contributed by atoms with van der Waals surface area (Å²) in [5.41, 5.74) is 19.5. The summed E-state index contributed by atoms with van der Waals surface area (Å²) in [4.78, 5) is 2.53. The minimum atomic E-state index is -0.203. The maximum absolute atomic E-state index is 2.53. The van der Waals surface area contributed by atoms with Crippen molar-refractivity contribution in [2.24, 2.45) is 11.8 Å². The molecule has 0 N–H and O–H groups in total. The van der Waals surface area contributed by atoms with Crippen LogP contribution in [0, 0.1) is 11.8 Å². The van der Waals surface area contributed by atoms with Crippen molar-refractivity contribution < 1.29 is 0 Å². The van der Waals surface area contributed by atoms with Gasteiger partial charge in [0.05, 0.1) is 5.69 Å². The average molecular weight is 766 g/mol. The summed E-state index contributed by atoms with van der Waals surface area (Å²) >= 11 is 0. The van der Waals surface area contributed by atoms with E-state index in [1.165, 1.54) is 136 Å². The van der Waals surface area contributed by atoms with E-state index in [1.807, 2.05) is 0 Å². The molecule has 1 heteroatoms. The van der Waals surface area contributed by atoms with Crippen LogP contribution < -0.4 is 4.90 Å². The summed E-state index contributed by atoms with van der Waals surface area (Å²) in [6.07, 6.45) is 12.4. The molecule has 0 saturated heterocycles. The van der Waals surface area contributed by atoms with Gasteiger partial charge in [0.25, 0.3) is 0 Å². The van der Waals surface area contributed by atoms with Crippen LogP contribution in [0.2, 0.25) is 0 Å². The normalized spacial score (nSPS) is 20.3. The molecule has 7 aromatic carbocycles. The zero-order valence-electron chi connectivity index (χ0n) is 34.7. The summed E-state index contributed by atoms with van der Waals surface area (Å²) in [5.74, 6) is 3.29. The van der Waals surface area contributed by atoms with Crippen molar-refractivity contribution in [3.05, 3.63) is 186 Å². The molecular formula is C58H55N. The first-order valence-electron chi connectivity index (χ1n) is 22.5. The van der Waals surface area contributed by atoms with Gasteiger partial charge in [0, 0.05) is 22.4 Å². The van der Waals surface area contributed by atoms with Gasteiger partial charge in [-0.15, -0.1) is 0 Å². The maximum Gasteiger partial charge on any atom is 0.0543 e. The third-order valence-corrected chi connectivity index (χ3v) is 15.0. The number of hydrogen-bond donors (Lipinski definition) is 0. The minimum Gasteiger partial charge on any atom is -0.310 e. The van der Waals surface area contributed by atoms with Gasteiger partial charge in [-0.05, 0) is 153 Å². The highest BCUT2D eigenvalue weighted by Crippen LogP contribution is 2.56. The molecule has 1 nitrogen and oxygen atoms in total. The standard InChI is InChI=1S/C58H55N/c1-58(2)55-38-56(53(45-17-10-5-11-18-45)37-54(55)51-20-12-19-50(57(51)58)44-15-8-4-9-16-44)59(48-31-27-42(28-32-48)40-13-6-3-7-14-40)49-33-29-43(30-34-49)41-23-25-46(26-24-41)52-36-39-21-22-47(52)35-39/h4-5,8-12,15-20,23-34,37-40,47,52H,3,6-7,13-14,21-22,35-36H2,1-2H3. The zero-order chi connectivity index (χ0) is 39.5. The summed E-state index contributed by atoms with van der Waals surface area (Å²) in [6.45, 7) is 4.85. The van der Waals surface area contributed by atoms with Crippen LogP contribution in [0.5, 0.6) is 0 Å². The van der Waals surface area contributed by atoms with Crippen molar-refractivity contribution in [3.63, 3.8) is 0 Å². The molecule has 3 saturated carbocycles. The van der Waals surface area contributed by atoms with Crippen molar-refractivity contribution in [3.8, 4) is 44.5 Å². The van der Waals surface area contributed by atoms with Gasteiger partial charge in [0.15, 0.2) is 0 Å². The van der Waals surface area contributed by atoms with Crippen LogP contribution in [-0.2, 0) is 5.41 Å². The van der Waals surface area contributed by atoms with Gasteiger partial charge < -0.3 is 4.90 Å². The smallest absolute Gasteiger partial charge is 0.0543 e. The largest absolute Gasteiger partial charge is 0.310 e. The predicted molar refractivity (Wildman–Crippen MR) is 249 cm³/mol. The second-order valence-electron chi connectivity index (χ2n) is 18.7. The highest BCUT2D eigenvalue weighted by molar-refractivity contribution is 5.96. The third kappa shape index (κ3) is 6.46. The van der Waals surface area contributed by atoms with Crippen LogP contribution in [0.25, 0.3) is 44.5 Å². The highest BCUT2D eigenvalue weighted by Gasteiger charge is 2.41. The van der Waals surface area contributed by atoms with Gasteiger partial charge in [0.2, 0.25) is 0 Å². The number of hydrogen-bond acceptors (Lipinski definition) is 1. The second-order valence-corrected chi connectivity index (χ2v) is 18.7. The van der Waals surface area contributed by atoms with Crippen LogP contribution in [0.3, 0.4) is 0 Å². The second kappa shape index (κ2) is 14.9. The Balaban J connectivity index is 1.04. The lowest BCUT2D eigenvalue weighted by atomic mass is 9.78. The van der Waals surface area contributed by atoms with Crippen molar-refractivity contribution >= 4 is 17.1 Å². The lowest BCUT2D eigenvalue weighted by Crippen LogP contribution is -2.18. The predicted octanol–water partition coefficient (Wildman–Crippen LogP) is 16.4. The van der Waals surface area contributed by atoms with Crippen LogP contribution in [0.1, 0.15) is 106 Å². The van der Waals surface area contributed by atoms with E-state index in [-0.39, 0.29) is 5.41 Å². The molecule has 0 amide bonds. The fourth-order valence-electron chi connectivity index (χ4n) is 11.9. The zero-order valence-corrected chi connectivity index (χ0v) is 34.7. The monoisotopic (exact) mass is 765 g/mol. The summed E-state index contributed by atoms with van der Waals surface area (Å²) < 4.78 is 0. The van der Waals surface area contributed by atoms with Crippen molar-refractivity contribution in [2.45, 2.75) is 88.9 Å². The minimum absolute atomic E-state index is 0.203. The van der Waals surface area contributed by atoms with E-state index in [0.717, 1.165) is 17.8 Å². The van der Waals surface area contributed by atoms with Crippen molar-refractivity contribution in [1.82, 2.24) is 0 Å². The highest BCUT2D eigenvalue weighted by atomic mass is 15.1. The van der Waals surface area contributed by atoms with Gasteiger partial charge in [0.1, 0.15) is 0 Å². The van der Waals surface area contributed by atoms with Crippen LogP contribution >= 0.6 is 0 Å². The summed E-state index contributed by atoms with van der Waals surface area (Å²) in [6, 6.07) is 62.5. The molecule has 292 valence electrons. The first-order valence-corrected chi connectivity index (χ1v) is 22.5. The molecule has 3 atom stereocenters. The molecular weight excluding hydrogens is 711 g/mol. The molecule has 11 rings (SSSR count). The number of rotatable bonds is 8. The molecule has 3 unspecified atom stereocenters. The van der Waals surface area contributed by atoms with Crippen molar-refractivity contribution in [2.75, 3.05) is 4.90 Å². The third-order valence-electron chi connectivity index (χ3n) is 15.0. The van der Waals surface area contributed by atoms with Crippen LogP contribution in [0.15, 0.2) is 164 Å². The quantitative estimate of drug-likeness (QED) is 0.149. The maximum atomic E-state index is 2.53. The van der Waals surface area contributed by atoms with Gasteiger partial charge in [-0.2, -0.15) is 0 Å². The number of nitrogens with zero attached hydrogens (tertiary/aromatic N) is 1. The number of anilines is 3. The molecule has 4 aliphatic rings. The fraction of sp³-hybridized carbons (Fsp3) is 0.276. The van der Waals surface area contributed by atoms with Crippen LogP contribution in [-0.4, -0.2) is 0 Å². The molecule has 4 aliphatic carbocycles. The Kier molecular flexibility index (Phi) is 9.18. The topological polar surface area (TPSA) is 3.24 Å². The SMILES string of the molecule is CC1(C)c2cc(N(c3ccc(-c4ccc(C5CC6CCC5C6)cc4)cc3)c3ccc(C4CCCCC4)cc3)c(-c3ccccc3)cc2-c2cccc(-c3ccccc3)c21. The number of fused-ring (bicyclic) bond motifs is 5. The Morgan fingerprint density at radius 3 is 1.68 bits per heavy atom. The fourth-order valence-corrected chi connectivity index (χ4v) is 11.9. The number of benzene rings is 7. The van der Waals surface area contributed by atoms with E-state index in [9.17, 15) is 0 Å². The Morgan fingerprint density at radius 1 is 0.458 bits per heavy atom. The first-order chi connectivity index (χ1) is 29.0. The van der Waals surface area contributed by atoms with E-state index in [2.05, 4.69) is 183 Å². The first kappa shape index (κ1) is 36.4. The van der Waals surface area contributed by atoms with E-state index >= 15 is 0 Å². The Labute approximate surface area is 351 Å². The molecule has 0 heterocycles. The Hall–Kier alpha value is -5.66. The van der Waals surface area contributed by atoms with Crippen molar-refractivity contribution in [1.29, 1.82) is 0 Å². The molecule has 0 radical (unpaired) electrons. The summed E-state index contributed by atoms with van der Waals surface area (Å²) in [5, 5.41) is 0. The van der Waals surface area contributed by atoms with E-state index < -0.39 is 0 Å². The van der Waals surface area contributed by atoms with Gasteiger partial charge >= 0.3 is 0 Å². The molecule has 0 spiro atoms. The molecule has 3 fully saturated rings. The molecule has 0 aliphatic heterocycles. The Bertz CT molecular complexity index is 2590. The molecule has 2 bridgehead atoms. The van der Waals surface area contributed by atoms with E-state index in [1.54, 1.807) is 5.56 Å². The summed E-state index contributed by atoms with van der Waals surface area (Å²) in [7, 11) is 0.